The lowest BCUT2D eigenvalue weighted by molar-refractivity contribution is -0.139. The fourth-order valence-electron chi connectivity index (χ4n) is 3.76. The molecule has 27 heavy (non-hydrogen) atoms. The molecule has 0 saturated carbocycles. The number of nitrogens with one attached hydrogen (secondary N) is 1. The normalized spacial score (nSPS) is 22.6. The largest absolute Gasteiger partial charge is 0.337 e. The smallest absolute Gasteiger partial charge is 0.243 e. The second kappa shape index (κ2) is 8.08. The van der Waals surface area contributed by atoms with Gasteiger partial charge in [-0.2, -0.15) is 4.31 Å². The molecule has 2 saturated heterocycles. The molecule has 0 aromatic heterocycles. The van der Waals surface area contributed by atoms with Crippen molar-refractivity contribution >= 4 is 21.7 Å². The van der Waals surface area contributed by atoms with E-state index in [9.17, 15) is 18.0 Å². The molecule has 2 fully saturated rings. The van der Waals surface area contributed by atoms with Gasteiger partial charge >= 0.3 is 0 Å². The topological polar surface area (TPSA) is 86.8 Å². The zero-order valence-corrected chi connectivity index (χ0v) is 16.7. The number of hydrogen-bond donors (Lipinski definition) is 1. The molecule has 7 nitrogen and oxygen atoms in total. The average Bonchev–Trinajstić information content (AvgIpc) is 2.68. The summed E-state index contributed by atoms with van der Waals surface area (Å²) in [5, 5.41) is 3.28. The Bertz CT molecular complexity index is 799. The van der Waals surface area contributed by atoms with Crippen molar-refractivity contribution in [3.63, 3.8) is 0 Å². The number of ketones is 1. The van der Waals surface area contributed by atoms with E-state index in [1.54, 1.807) is 0 Å². The third-order valence-electron chi connectivity index (χ3n) is 5.49. The van der Waals surface area contributed by atoms with Gasteiger partial charge in [0.15, 0.2) is 5.78 Å². The Morgan fingerprint density at radius 3 is 2.26 bits per heavy atom. The molecule has 1 N–H and O–H groups in total. The number of amides is 1. The van der Waals surface area contributed by atoms with Crippen LogP contribution in [-0.4, -0.2) is 68.1 Å². The number of rotatable bonds is 4. The first-order valence-corrected chi connectivity index (χ1v) is 10.9. The third-order valence-corrected chi connectivity index (χ3v) is 7.40. The number of Topliss-reactive ketones (excluding diaryl/α,β-unsaturated/α-hetero) is 1. The highest BCUT2D eigenvalue weighted by atomic mass is 32.2. The van der Waals surface area contributed by atoms with Crippen LogP contribution in [0.3, 0.4) is 0 Å². The second-order valence-electron chi connectivity index (χ2n) is 7.34. The number of nitrogens with zero attached hydrogens (tertiary/aromatic N) is 2. The molecule has 1 unspecified atom stereocenters. The molecule has 8 heteroatoms. The van der Waals surface area contributed by atoms with E-state index in [2.05, 4.69) is 5.32 Å². The average molecular weight is 394 g/mol. The summed E-state index contributed by atoms with van der Waals surface area (Å²) in [6, 6.07) is 6.21. The summed E-state index contributed by atoms with van der Waals surface area (Å²) in [6.45, 7) is 6.48. The van der Waals surface area contributed by atoms with Gasteiger partial charge in [0.05, 0.1) is 4.90 Å². The van der Waals surface area contributed by atoms with Crippen LogP contribution in [-0.2, 0) is 14.8 Å². The number of benzene rings is 1. The lowest BCUT2D eigenvalue weighted by atomic mass is 9.95. The standard InChI is InChI=1S/C19H27N3O4S/c1-14-13-20-9-12-22(14)19(24)17-7-10-21(11-8-17)27(25,26)18-5-3-16(4-6-18)15(2)23/h3-6,14,17,20H,7-13H2,1-2H3. The molecule has 1 aromatic rings. The predicted octanol–water partition coefficient (Wildman–Crippen LogP) is 1.11. The van der Waals surface area contributed by atoms with Crippen LogP contribution in [0, 0.1) is 5.92 Å². The summed E-state index contributed by atoms with van der Waals surface area (Å²) in [5.41, 5.74) is 0.489. The molecule has 3 rings (SSSR count). The van der Waals surface area contributed by atoms with Gasteiger partial charge in [0, 0.05) is 50.2 Å². The number of carbonyl (C=O) groups is 2. The van der Waals surface area contributed by atoms with Crippen LogP contribution in [0.2, 0.25) is 0 Å². The summed E-state index contributed by atoms with van der Waals surface area (Å²) in [7, 11) is -3.60. The summed E-state index contributed by atoms with van der Waals surface area (Å²) in [6.07, 6.45) is 1.08. The number of carbonyl (C=O) groups excluding carboxylic acids is 2. The first kappa shape index (κ1) is 20.0. The van der Waals surface area contributed by atoms with Gasteiger partial charge in [0.2, 0.25) is 15.9 Å². The van der Waals surface area contributed by atoms with E-state index < -0.39 is 10.0 Å². The van der Waals surface area contributed by atoms with Crippen LogP contribution >= 0.6 is 0 Å². The van der Waals surface area contributed by atoms with E-state index in [4.69, 9.17) is 0 Å². The molecular weight excluding hydrogens is 366 g/mol. The molecule has 2 aliphatic heterocycles. The second-order valence-corrected chi connectivity index (χ2v) is 9.28. The van der Waals surface area contributed by atoms with Crippen molar-refractivity contribution in [1.29, 1.82) is 0 Å². The number of piperidine rings is 1. The van der Waals surface area contributed by atoms with Crippen molar-refractivity contribution < 1.29 is 18.0 Å². The fraction of sp³-hybridized carbons (Fsp3) is 0.579. The Kier molecular flexibility index (Phi) is 5.98. The van der Waals surface area contributed by atoms with Gasteiger partial charge in [-0.25, -0.2) is 8.42 Å². The molecule has 148 valence electrons. The minimum Gasteiger partial charge on any atom is -0.337 e. The van der Waals surface area contributed by atoms with Gasteiger partial charge in [0.1, 0.15) is 0 Å². The highest BCUT2D eigenvalue weighted by Gasteiger charge is 2.35. The van der Waals surface area contributed by atoms with Crippen LogP contribution in [0.15, 0.2) is 29.2 Å². The van der Waals surface area contributed by atoms with E-state index >= 15 is 0 Å². The van der Waals surface area contributed by atoms with Gasteiger partial charge in [-0.3, -0.25) is 9.59 Å². The van der Waals surface area contributed by atoms with Gasteiger partial charge in [-0.05, 0) is 38.8 Å². The van der Waals surface area contributed by atoms with E-state index in [1.165, 1.54) is 35.5 Å². The van der Waals surface area contributed by atoms with E-state index in [0.717, 1.165) is 13.1 Å². The molecule has 0 radical (unpaired) electrons. The number of piperazine rings is 1. The Labute approximate surface area is 160 Å². The monoisotopic (exact) mass is 393 g/mol. The van der Waals surface area contributed by atoms with Gasteiger partial charge < -0.3 is 10.2 Å². The zero-order valence-electron chi connectivity index (χ0n) is 15.8. The van der Waals surface area contributed by atoms with Crippen molar-refractivity contribution in [3.8, 4) is 0 Å². The van der Waals surface area contributed by atoms with Crippen molar-refractivity contribution in [1.82, 2.24) is 14.5 Å². The molecular formula is C19H27N3O4S. The zero-order chi connectivity index (χ0) is 19.6. The van der Waals surface area contributed by atoms with Crippen LogP contribution in [0.1, 0.15) is 37.0 Å². The molecule has 1 aromatic carbocycles. The quantitative estimate of drug-likeness (QED) is 0.775. The van der Waals surface area contributed by atoms with Crippen molar-refractivity contribution in [2.45, 2.75) is 37.6 Å². The van der Waals surface area contributed by atoms with E-state index in [0.29, 0.717) is 38.0 Å². The first-order chi connectivity index (χ1) is 12.8. The maximum Gasteiger partial charge on any atom is 0.243 e. The predicted molar refractivity (Wildman–Crippen MR) is 102 cm³/mol. The molecule has 2 aliphatic rings. The van der Waals surface area contributed by atoms with Crippen molar-refractivity contribution in [3.05, 3.63) is 29.8 Å². The van der Waals surface area contributed by atoms with Crippen LogP contribution in [0.4, 0.5) is 0 Å². The minimum atomic E-state index is -3.60. The lowest BCUT2D eigenvalue weighted by Gasteiger charge is -2.38. The molecule has 2 heterocycles. The van der Waals surface area contributed by atoms with Gasteiger partial charge in [-0.1, -0.05) is 12.1 Å². The maximum absolute atomic E-state index is 12.8. The molecule has 1 amide bonds. The molecule has 0 spiro atoms. The van der Waals surface area contributed by atoms with Gasteiger partial charge in [0.25, 0.3) is 0 Å². The van der Waals surface area contributed by atoms with E-state index in [1.807, 2.05) is 11.8 Å². The third kappa shape index (κ3) is 4.23. The van der Waals surface area contributed by atoms with E-state index in [-0.39, 0.29) is 28.5 Å². The number of sulfonamides is 1. The molecule has 0 aliphatic carbocycles. The van der Waals surface area contributed by atoms with Gasteiger partial charge in [-0.15, -0.1) is 0 Å². The van der Waals surface area contributed by atoms with Crippen molar-refractivity contribution in [2.24, 2.45) is 5.92 Å². The fourth-order valence-corrected chi connectivity index (χ4v) is 5.23. The Balaban J connectivity index is 1.64. The van der Waals surface area contributed by atoms with Crippen LogP contribution < -0.4 is 5.32 Å². The maximum atomic E-state index is 12.8. The highest BCUT2D eigenvalue weighted by molar-refractivity contribution is 7.89. The summed E-state index contributed by atoms with van der Waals surface area (Å²) < 4.78 is 27.1. The summed E-state index contributed by atoms with van der Waals surface area (Å²) >= 11 is 0. The van der Waals surface area contributed by atoms with Crippen molar-refractivity contribution in [2.75, 3.05) is 32.7 Å². The first-order valence-electron chi connectivity index (χ1n) is 9.43. The Morgan fingerprint density at radius 1 is 1.07 bits per heavy atom. The Morgan fingerprint density at radius 2 is 1.70 bits per heavy atom. The lowest BCUT2D eigenvalue weighted by Crippen LogP contribution is -2.55. The summed E-state index contributed by atoms with van der Waals surface area (Å²) in [4.78, 5) is 26.3. The summed E-state index contributed by atoms with van der Waals surface area (Å²) in [5.74, 6) is -0.0654. The minimum absolute atomic E-state index is 0.0968. The van der Waals surface area contributed by atoms with Crippen LogP contribution in [0.5, 0.6) is 0 Å². The van der Waals surface area contributed by atoms with Crippen LogP contribution in [0.25, 0.3) is 0 Å². The highest BCUT2D eigenvalue weighted by Crippen LogP contribution is 2.26. The molecule has 0 bridgehead atoms. The number of hydrogen-bond acceptors (Lipinski definition) is 5. The Hall–Kier alpha value is -1.77. The molecule has 1 atom stereocenters. The SMILES string of the molecule is CC(=O)c1ccc(S(=O)(=O)N2CCC(C(=O)N3CCNCC3C)CC2)cc1.